The van der Waals surface area contributed by atoms with Crippen molar-refractivity contribution in [2.24, 2.45) is 5.92 Å². The smallest absolute Gasteiger partial charge is 0.123 e. The number of rotatable bonds is 4. The van der Waals surface area contributed by atoms with E-state index in [-0.39, 0.29) is 18.2 Å². The van der Waals surface area contributed by atoms with Crippen molar-refractivity contribution in [1.29, 1.82) is 0 Å². The molecule has 0 aromatic heterocycles. The topological polar surface area (TPSA) is 21.3 Å². The third-order valence-electron chi connectivity index (χ3n) is 2.70. The van der Waals surface area contributed by atoms with Gasteiger partial charge in [-0.3, -0.25) is 0 Å². The largest absolute Gasteiger partial charge is 0.376 e. The Kier molecular flexibility index (Phi) is 5.74. The lowest BCUT2D eigenvalue weighted by Crippen LogP contribution is -2.13. The van der Waals surface area contributed by atoms with Gasteiger partial charge in [0, 0.05) is 6.54 Å². The van der Waals surface area contributed by atoms with Crippen molar-refractivity contribution in [3.05, 3.63) is 35.6 Å². The summed E-state index contributed by atoms with van der Waals surface area (Å²) in [6.07, 6.45) is 1.20. The van der Waals surface area contributed by atoms with Gasteiger partial charge in [0.1, 0.15) is 5.82 Å². The van der Waals surface area contributed by atoms with Crippen LogP contribution in [0.3, 0.4) is 0 Å². The van der Waals surface area contributed by atoms with Crippen LogP contribution in [0.15, 0.2) is 24.3 Å². The summed E-state index contributed by atoms with van der Waals surface area (Å²) in [5, 5.41) is 3.30. The van der Waals surface area contributed by atoms with Crippen LogP contribution >= 0.6 is 12.4 Å². The zero-order valence-electron chi connectivity index (χ0n) is 9.12. The van der Waals surface area contributed by atoms with E-state index in [2.05, 4.69) is 5.32 Å². The van der Waals surface area contributed by atoms with Gasteiger partial charge in [0.15, 0.2) is 0 Å². The van der Waals surface area contributed by atoms with Crippen LogP contribution in [0.1, 0.15) is 12.0 Å². The lowest BCUT2D eigenvalue weighted by Gasteiger charge is -2.09. The van der Waals surface area contributed by atoms with Crippen LogP contribution < -0.4 is 5.32 Å². The molecule has 1 fully saturated rings. The number of ether oxygens (including phenoxy) is 1. The molecule has 4 heteroatoms. The Morgan fingerprint density at radius 2 is 2.06 bits per heavy atom. The number of hydrogen-bond donors (Lipinski definition) is 1. The van der Waals surface area contributed by atoms with Crippen molar-refractivity contribution >= 4 is 12.4 Å². The maximum absolute atomic E-state index is 12.6. The second kappa shape index (κ2) is 6.84. The molecule has 0 amide bonds. The molecule has 0 bridgehead atoms. The Labute approximate surface area is 102 Å². The Hall–Kier alpha value is -0.640. The second-order valence-electron chi connectivity index (χ2n) is 4.00. The maximum atomic E-state index is 12.6. The monoisotopic (exact) mass is 245 g/mol. The zero-order valence-corrected chi connectivity index (χ0v) is 9.93. The van der Waals surface area contributed by atoms with Crippen LogP contribution in [0, 0.1) is 11.7 Å². The van der Waals surface area contributed by atoms with E-state index in [9.17, 15) is 4.39 Å². The van der Waals surface area contributed by atoms with E-state index in [1.807, 2.05) is 0 Å². The first-order valence-corrected chi connectivity index (χ1v) is 5.37. The lowest BCUT2D eigenvalue weighted by atomic mass is 10.1. The van der Waals surface area contributed by atoms with Crippen LogP contribution in [0.4, 0.5) is 4.39 Å². The lowest BCUT2D eigenvalue weighted by molar-refractivity contribution is 0.0924. The molecule has 1 aromatic carbocycles. The summed E-state index contributed by atoms with van der Waals surface area (Å²) < 4.78 is 18.2. The predicted octanol–water partition coefficient (Wildman–Crippen LogP) is 2.37. The summed E-state index contributed by atoms with van der Waals surface area (Å²) in [6.45, 7) is 3.54. The van der Waals surface area contributed by atoms with E-state index in [0.29, 0.717) is 12.5 Å². The minimum atomic E-state index is -0.196. The fourth-order valence-electron chi connectivity index (χ4n) is 1.78. The summed E-state index contributed by atoms with van der Waals surface area (Å²) in [6, 6.07) is 6.47. The van der Waals surface area contributed by atoms with Gasteiger partial charge in [-0.15, -0.1) is 12.4 Å². The van der Waals surface area contributed by atoms with Crippen LogP contribution in [0.2, 0.25) is 0 Å². The Bertz CT molecular complexity index is 298. The van der Waals surface area contributed by atoms with Gasteiger partial charge in [-0.25, -0.2) is 4.39 Å². The van der Waals surface area contributed by atoms with Gasteiger partial charge in [0.05, 0.1) is 13.2 Å². The summed E-state index contributed by atoms with van der Waals surface area (Å²) in [5.74, 6) is 0.448. The summed E-state index contributed by atoms with van der Waals surface area (Å²) >= 11 is 0. The number of nitrogens with one attached hydrogen (secondary N) is 1. The molecule has 1 unspecified atom stereocenters. The average molecular weight is 246 g/mol. The molecule has 1 saturated heterocycles. The van der Waals surface area contributed by atoms with Crippen molar-refractivity contribution in [3.63, 3.8) is 0 Å². The molecule has 0 saturated carbocycles. The van der Waals surface area contributed by atoms with E-state index >= 15 is 0 Å². The van der Waals surface area contributed by atoms with Gasteiger partial charge in [-0.2, -0.15) is 0 Å². The van der Waals surface area contributed by atoms with Crippen LogP contribution in [-0.2, 0) is 11.3 Å². The zero-order chi connectivity index (χ0) is 10.5. The van der Waals surface area contributed by atoms with Gasteiger partial charge in [0.25, 0.3) is 0 Å². The third-order valence-corrected chi connectivity index (χ3v) is 2.70. The Morgan fingerprint density at radius 3 is 2.69 bits per heavy atom. The Balaban J connectivity index is 0.00000128. The number of hydrogen-bond acceptors (Lipinski definition) is 2. The summed E-state index contributed by atoms with van der Waals surface area (Å²) in [7, 11) is 0. The summed E-state index contributed by atoms with van der Waals surface area (Å²) in [4.78, 5) is 0. The normalized spacial score (nSPS) is 19.4. The molecule has 2 nitrogen and oxygen atoms in total. The molecule has 0 aliphatic carbocycles. The quantitative estimate of drug-likeness (QED) is 0.880. The predicted molar refractivity (Wildman–Crippen MR) is 64.3 cm³/mol. The first-order valence-electron chi connectivity index (χ1n) is 5.37. The number of halogens is 2. The highest BCUT2D eigenvalue weighted by Gasteiger charge is 2.13. The Morgan fingerprint density at radius 1 is 1.31 bits per heavy atom. The first-order chi connectivity index (χ1) is 7.34. The fourth-order valence-corrected chi connectivity index (χ4v) is 1.78. The molecule has 90 valence electrons. The van der Waals surface area contributed by atoms with Gasteiger partial charge >= 0.3 is 0 Å². The molecule has 1 aromatic rings. The van der Waals surface area contributed by atoms with Crippen molar-refractivity contribution in [1.82, 2.24) is 5.32 Å². The molecule has 1 aliphatic heterocycles. The number of benzene rings is 1. The van der Waals surface area contributed by atoms with Crippen LogP contribution in [-0.4, -0.2) is 19.7 Å². The molecule has 1 atom stereocenters. The van der Waals surface area contributed by atoms with Crippen molar-refractivity contribution in [2.75, 3.05) is 19.7 Å². The SMILES string of the molecule is Cl.Fc1ccc(COCC2CCNC2)cc1. The van der Waals surface area contributed by atoms with Gasteiger partial charge < -0.3 is 10.1 Å². The fraction of sp³-hybridized carbons (Fsp3) is 0.500. The van der Waals surface area contributed by atoms with E-state index < -0.39 is 0 Å². The van der Waals surface area contributed by atoms with Gasteiger partial charge in [-0.05, 0) is 36.6 Å². The molecule has 0 radical (unpaired) electrons. The van der Waals surface area contributed by atoms with E-state index in [4.69, 9.17) is 4.74 Å². The molecule has 0 spiro atoms. The highest BCUT2D eigenvalue weighted by molar-refractivity contribution is 5.85. The van der Waals surface area contributed by atoms with Crippen molar-refractivity contribution in [3.8, 4) is 0 Å². The highest BCUT2D eigenvalue weighted by Crippen LogP contribution is 2.10. The maximum Gasteiger partial charge on any atom is 0.123 e. The van der Waals surface area contributed by atoms with E-state index in [0.717, 1.165) is 25.3 Å². The third kappa shape index (κ3) is 4.08. The average Bonchev–Trinajstić information content (AvgIpc) is 2.74. The van der Waals surface area contributed by atoms with Crippen LogP contribution in [0.25, 0.3) is 0 Å². The minimum absolute atomic E-state index is 0. The second-order valence-corrected chi connectivity index (χ2v) is 4.00. The molecule has 1 aliphatic rings. The van der Waals surface area contributed by atoms with Crippen molar-refractivity contribution < 1.29 is 9.13 Å². The van der Waals surface area contributed by atoms with Crippen molar-refractivity contribution in [2.45, 2.75) is 13.0 Å². The van der Waals surface area contributed by atoms with Crippen LogP contribution in [0.5, 0.6) is 0 Å². The molecule has 16 heavy (non-hydrogen) atoms. The highest BCUT2D eigenvalue weighted by atomic mass is 35.5. The van der Waals surface area contributed by atoms with E-state index in [1.165, 1.54) is 18.6 Å². The van der Waals surface area contributed by atoms with Gasteiger partial charge in [0.2, 0.25) is 0 Å². The van der Waals surface area contributed by atoms with Gasteiger partial charge in [-0.1, -0.05) is 12.1 Å². The molecular weight excluding hydrogens is 229 g/mol. The molecule has 2 rings (SSSR count). The minimum Gasteiger partial charge on any atom is -0.376 e. The van der Waals surface area contributed by atoms with E-state index in [1.54, 1.807) is 12.1 Å². The molecule has 1 heterocycles. The summed E-state index contributed by atoms with van der Waals surface area (Å²) in [5.41, 5.74) is 1.03. The first kappa shape index (κ1) is 13.4. The molecular formula is C12H17ClFNO. The molecule has 1 N–H and O–H groups in total. The standard InChI is InChI=1S/C12H16FNO.ClH/c13-12-3-1-10(2-4-12)8-15-9-11-5-6-14-7-11;/h1-4,11,14H,5-9H2;1H.